The molecule has 0 bridgehead atoms. The fourth-order valence-electron chi connectivity index (χ4n) is 9.07. The first kappa shape index (κ1) is 35.5. The molecule has 0 unspecified atom stereocenters. The molecule has 0 amide bonds. The maximum absolute atomic E-state index is 5.46. The molecule has 9 aromatic carbocycles. The van der Waals surface area contributed by atoms with Crippen molar-refractivity contribution in [2.75, 3.05) is 0 Å². The van der Waals surface area contributed by atoms with Crippen LogP contribution in [-0.2, 0) is 0 Å². The minimum atomic E-state index is 0.551. The molecular weight excluding hydrogens is 755 g/mol. The van der Waals surface area contributed by atoms with Crippen molar-refractivity contribution in [3.8, 4) is 67.8 Å². The van der Waals surface area contributed by atoms with Gasteiger partial charge in [0.05, 0.1) is 27.8 Å². The van der Waals surface area contributed by atoms with Crippen molar-refractivity contribution in [3.05, 3.63) is 224 Å². The second kappa shape index (κ2) is 14.7. The Hall–Kier alpha value is -8.41. The fourth-order valence-corrected chi connectivity index (χ4v) is 9.07. The number of rotatable bonds is 7. The number of nitrogens with zero attached hydrogens (tertiary/aromatic N) is 5. The molecule has 0 N–H and O–H groups in total. The van der Waals surface area contributed by atoms with E-state index in [1.54, 1.807) is 0 Å². The maximum atomic E-state index is 5.46. The van der Waals surface area contributed by atoms with Crippen molar-refractivity contribution in [2.45, 2.75) is 0 Å². The average Bonchev–Trinajstić information content (AvgIpc) is 3.87. The molecule has 12 aromatic rings. The van der Waals surface area contributed by atoms with E-state index in [0.717, 1.165) is 71.9 Å². The van der Waals surface area contributed by atoms with Gasteiger partial charge in [0.25, 0.3) is 0 Å². The van der Waals surface area contributed by atoms with Gasteiger partial charge in [0, 0.05) is 32.7 Å². The van der Waals surface area contributed by atoms with Crippen LogP contribution in [0, 0.1) is 0 Å². The lowest BCUT2D eigenvalue weighted by molar-refractivity contribution is 0.952. The Kier molecular flexibility index (Phi) is 8.42. The first-order valence-electron chi connectivity index (χ1n) is 20.9. The summed E-state index contributed by atoms with van der Waals surface area (Å²) in [5, 5.41) is 4.66. The van der Waals surface area contributed by atoms with Crippen molar-refractivity contribution in [1.82, 2.24) is 24.1 Å². The van der Waals surface area contributed by atoms with Crippen molar-refractivity contribution in [3.63, 3.8) is 0 Å². The molecule has 5 heteroatoms. The van der Waals surface area contributed by atoms with Crippen LogP contribution < -0.4 is 0 Å². The van der Waals surface area contributed by atoms with Gasteiger partial charge in [-0.2, -0.15) is 9.97 Å². The molecule has 0 atom stereocenters. The van der Waals surface area contributed by atoms with E-state index in [-0.39, 0.29) is 0 Å². The van der Waals surface area contributed by atoms with Crippen molar-refractivity contribution >= 4 is 43.6 Å². The number of benzene rings is 9. The van der Waals surface area contributed by atoms with E-state index in [4.69, 9.17) is 15.0 Å². The zero-order valence-corrected chi connectivity index (χ0v) is 33.6. The quantitative estimate of drug-likeness (QED) is 0.162. The van der Waals surface area contributed by atoms with E-state index >= 15 is 0 Å². The zero-order chi connectivity index (χ0) is 41.0. The van der Waals surface area contributed by atoms with Crippen LogP contribution in [-0.4, -0.2) is 24.1 Å². The van der Waals surface area contributed by atoms with Crippen LogP contribution in [0.25, 0.3) is 111 Å². The second-order valence-corrected chi connectivity index (χ2v) is 15.6. The van der Waals surface area contributed by atoms with Gasteiger partial charge in [-0.1, -0.05) is 182 Å². The number of para-hydroxylation sites is 4. The van der Waals surface area contributed by atoms with Crippen LogP contribution in [0.15, 0.2) is 224 Å². The van der Waals surface area contributed by atoms with Crippen LogP contribution in [0.5, 0.6) is 0 Å². The molecule has 0 aliphatic rings. The molecule has 62 heavy (non-hydrogen) atoms. The Labute approximate surface area is 358 Å². The highest BCUT2D eigenvalue weighted by atomic mass is 15.2. The number of hydrogen-bond acceptors (Lipinski definition) is 3. The third kappa shape index (κ3) is 5.98. The summed E-state index contributed by atoms with van der Waals surface area (Å²) >= 11 is 0. The van der Waals surface area contributed by atoms with Crippen LogP contribution in [0.2, 0.25) is 0 Å². The first-order chi connectivity index (χ1) is 30.7. The number of fused-ring (bicyclic) bond motifs is 6. The standard InChI is InChI=1S/C57H37N5/c1-3-16-38(17-4-1)40-30-32-41(33-31-40)43-34-35-48-47-24-9-13-28-52(47)62(54(48)37-43)57-59-55(44-21-15-20-42(36-44)39-18-5-2-6-19-39)58-56(60-57)49-25-10-14-29-53(49)61-50-26-11-7-22-45(50)46-23-8-12-27-51(46)61/h1-37H. The lowest BCUT2D eigenvalue weighted by Crippen LogP contribution is -2.08. The van der Waals surface area contributed by atoms with Gasteiger partial charge >= 0.3 is 0 Å². The lowest BCUT2D eigenvalue weighted by Gasteiger charge is -2.15. The molecule has 5 nitrogen and oxygen atoms in total. The maximum Gasteiger partial charge on any atom is 0.238 e. The van der Waals surface area contributed by atoms with E-state index in [0.29, 0.717) is 17.6 Å². The molecule has 0 spiro atoms. The highest BCUT2D eigenvalue weighted by Gasteiger charge is 2.22. The highest BCUT2D eigenvalue weighted by molar-refractivity contribution is 6.11. The third-order valence-electron chi connectivity index (χ3n) is 12.0. The summed E-state index contributed by atoms with van der Waals surface area (Å²) < 4.78 is 4.56. The minimum absolute atomic E-state index is 0.551. The molecule has 12 rings (SSSR count). The van der Waals surface area contributed by atoms with Crippen LogP contribution in [0.4, 0.5) is 0 Å². The summed E-state index contributed by atoms with van der Waals surface area (Å²) in [7, 11) is 0. The van der Waals surface area contributed by atoms with Gasteiger partial charge in [-0.25, -0.2) is 4.98 Å². The van der Waals surface area contributed by atoms with Gasteiger partial charge < -0.3 is 4.57 Å². The molecule has 0 aliphatic carbocycles. The van der Waals surface area contributed by atoms with Gasteiger partial charge in [0.1, 0.15) is 0 Å². The lowest BCUT2D eigenvalue weighted by atomic mass is 9.99. The normalized spacial score (nSPS) is 11.5. The van der Waals surface area contributed by atoms with E-state index in [1.165, 1.54) is 21.9 Å². The van der Waals surface area contributed by atoms with E-state index < -0.39 is 0 Å². The minimum Gasteiger partial charge on any atom is -0.309 e. The van der Waals surface area contributed by atoms with Gasteiger partial charge in [-0.3, -0.25) is 4.57 Å². The summed E-state index contributed by atoms with van der Waals surface area (Å²) in [5.74, 6) is 1.74. The van der Waals surface area contributed by atoms with Crippen molar-refractivity contribution in [2.24, 2.45) is 0 Å². The summed E-state index contributed by atoms with van der Waals surface area (Å²) in [6.45, 7) is 0. The fraction of sp³-hybridized carbons (Fsp3) is 0. The molecule has 0 saturated heterocycles. The van der Waals surface area contributed by atoms with Crippen LogP contribution >= 0.6 is 0 Å². The summed E-state index contributed by atoms with van der Waals surface area (Å²) in [6.07, 6.45) is 0. The van der Waals surface area contributed by atoms with Crippen LogP contribution in [0.1, 0.15) is 0 Å². The Morgan fingerprint density at radius 1 is 0.258 bits per heavy atom. The van der Waals surface area contributed by atoms with Gasteiger partial charge in [0.15, 0.2) is 11.6 Å². The van der Waals surface area contributed by atoms with E-state index in [9.17, 15) is 0 Å². The average molecular weight is 792 g/mol. The summed E-state index contributed by atoms with van der Waals surface area (Å²) in [5.41, 5.74) is 14.0. The molecule has 290 valence electrons. The Balaban J connectivity index is 1.10. The molecule has 3 aromatic heterocycles. The van der Waals surface area contributed by atoms with E-state index in [2.05, 4.69) is 228 Å². The van der Waals surface area contributed by atoms with Crippen molar-refractivity contribution in [1.29, 1.82) is 0 Å². The molecule has 0 fully saturated rings. The van der Waals surface area contributed by atoms with Crippen LogP contribution in [0.3, 0.4) is 0 Å². The van der Waals surface area contributed by atoms with Gasteiger partial charge in [0.2, 0.25) is 5.95 Å². The molecule has 0 aliphatic heterocycles. The van der Waals surface area contributed by atoms with E-state index in [1.807, 2.05) is 6.07 Å². The summed E-state index contributed by atoms with van der Waals surface area (Å²) in [6, 6.07) is 79.2. The Morgan fingerprint density at radius 2 is 0.694 bits per heavy atom. The first-order valence-corrected chi connectivity index (χ1v) is 20.9. The second-order valence-electron chi connectivity index (χ2n) is 15.6. The summed E-state index contributed by atoms with van der Waals surface area (Å²) in [4.78, 5) is 16.2. The Bertz CT molecular complexity index is 3570. The molecular formula is C57H37N5. The van der Waals surface area contributed by atoms with Gasteiger partial charge in [-0.15, -0.1) is 0 Å². The third-order valence-corrected chi connectivity index (χ3v) is 12.0. The number of hydrogen-bond donors (Lipinski definition) is 0. The Morgan fingerprint density at radius 3 is 1.35 bits per heavy atom. The monoisotopic (exact) mass is 791 g/mol. The molecule has 0 saturated carbocycles. The largest absolute Gasteiger partial charge is 0.309 e. The number of aromatic nitrogens is 5. The SMILES string of the molecule is c1ccc(-c2ccc(-c3ccc4c5ccccc5n(-c5nc(-c6cccc(-c7ccccc7)c6)nc(-c6ccccc6-n6c7ccccc7c7ccccc76)n5)c4c3)cc2)cc1. The highest BCUT2D eigenvalue weighted by Crippen LogP contribution is 2.38. The van der Waals surface area contributed by atoms with Gasteiger partial charge in [-0.05, 0) is 75.8 Å². The zero-order valence-electron chi connectivity index (χ0n) is 33.6. The molecule has 0 radical (unpaired) electrons. The van der Waals surface area contributed by atoms with Crippen molar-refractivity contribution < 1.29 is 0 Å². The smallest absolute Gasteiger partial charge is 0.238 e. The molecule has 3 heterocycles. The predicted octanol–water partition coefficient (Wildman–Crippen LogP) is 14.4. The topological polar surface area (TPSA) is 48.5 Å². The predicted molar refractivity (Wildman–Crippen MR) is 256 cm³/mol.